The van der Waals surface area contributed by atoms with Gasteiger partial charge < -0.3 is 15.1 Å². The van der Waals surface area contributed by atoms with Crippen LogP contribution < -0.4 is 5.32 Å². The highest BCUT2D eigenvalue weighted by Gasteiger charge is 2.34. The van der Waals surface area contributed by atoms with Crippen molar-refractivity contribution in [3.05, 3.63) is 0 Å². The van der Waals surface area contributed by atoms with Gasteiger partial charge in [0, 0.05) is 25.7 Å². The zero-order valence-electron chi connectivity index (χ0n) is 11.9. The lowest BCUT2D eigenvalue weighted by atomic mass is 10.1. The Morgan fingerprint density at radius 2 is 2.17 bits per heavy atom. The van der Waals surface area contributed by atoms with Crippen LogP contribution in [0.25, 0.3) is 0 Å². The average Bonchev–Trinajstić information content (AvgIpc) is 2.32. The highest BCUT2D eigenvalue weighted by molar-refractivity contribution is 5.88. The van der Waals surface area contributed by atoms with E-state index in [1.807, 2.05) is 27.7 Å². The van der Waals surface area contributed by atoms with Gasteiger partial charge in [0.2, 0.25) is 5.91 Å². The Morgan fingerprint density at radius 3 is 2.67 bits per heavy atom. The lowest BCUT2D eigenvalue weighted by molar-refractivity contribution is -0.128. The standard InChI is InChI=1S/C13H25N3O2/c1-5-7-11-12(17)14-8-9-16(11)13(18)15(6-2)10(3)4/h10-11H,5-9H2,1-4H3,(H,14,17)/t11-/m0/s1. The van der Waals surface area contributed by atoms with Crippen molar-refractivity contribution in [2.75, 3.05) is 19.6 Å². The molecule has 1 aliphatic heterocycles. The molecular weight excluding hydrogens is 230 g/mol. The molecule has 0 aromatic rings. The average molecular weight is 255 g/mol. The molecule has 104 valence electrons. The molecule has 1 N–H and O–H groups in total. The first-order chi connectivity index (χ1) is 8.52. The maximum atomic E-state index is 12.5. The fourth-order valence-electron chi connectivity index (χ4n) is 2.39. The molecule has 0 aromatic heterocycles. The van der Waals surface area contributed by atoms with Gasteiger partial charge in [-0.1, -0.05) is 13.3 Å². The van der Waals surface area contributed by atoms with Gasteiger partial charge in [-0.05, 0) is 27.2 Å². The van der Waals surface area contributed by atoms with Crippen molar-refractivity contribution in [1.82, 2.24) is 15.1 Å². The van der Waals surface area contributed by atoms with E-state index in [0.717, 1.165) is 12.8 Å². The van der Waals surface area contributed by atoms with Crippen molar-refractivity contribution in [2.45, 2.75) is 52.6 Å². The third-order valence-electron chi connectivity index (χ3n) is 3.35. The van der Waals surface area contributed by atoms with E-state index in [1.165, 1.54) is 0 Å². The summed E-state index contributed by atoms with van der Waals surface area (Å²) in [6, 6.07) is -0.153. The summed E-state index contributed by atoms with van der Waals surface area (Å²) in [6.45, 7) is 9.84. The van der Waals surface area contributed by atoms with E-state index in [2.05, 4.69) is 5.32 Å². The first-order valence-electron chi connectivity index (χ1n) is 6.87. The van der Waals surface area contributed by atoms with Crippen LogP contribution in [0.15, 0.2) is 0 Å². The highest BCUT2D eigenvalue weighted by atomic mass is 16.2. The number of piperazine rings is 1. The van der Waals surface area contributed by atoms with Crippen molar-refractivity contribution >= 4 is 11.9 Å². The Balaban J connectivity index is 2.83. The zero-order chi connectivity index (χ0) is 13.7. The normalized spacial score (nSPS) is 19.9. The van der Waals surface area contributed by atoms with E-state index in [1.54, 1.807) is 9.80 Å². The fourth-order valence-corrected chi connectivity index (χ4v) is 2.39. The first kappa shape index (κ1) is 14.8. The lowest BCUT2D eigenvalue weighted by Crippen LogP contribution is -2.60. The smallest absolute Gasteiger partial charge is 0.320 e. The van der Waals surface area contributed by atoms with Gasteiger partial charge in [0.05, 0.1) is 0 Å². The topological polar surface area (TPSA) is 52.7 Å². The zero-order valence-corrected chi connectivity index (χ0v) is 11.9. The summed E-state index contributed by atoms with van der Waals surface area (Å²) >= 11 is 0. The minimum atomic E-state index is -0.302. The van der Waals surface area contributed by atoms with Crippen molar-refractivity contribution in [2.24, 2.45) is 0 Å². The van der Waals surface area contributed by atoms with Crippen molar-refractivity contribution in [1.29, 1.82) is 0 Å². The molecule has 0 unspecified atom stereocenters. The van der Waals surface area contributed by atoms with Crippen LogP contribution in [-0.4, -0.2) is 53.5 Å². The van der Waals surface area contributed by atoms with Gasteiger partial charge in [-0.2, -0.15) is 0 Å². The SMILES string of the molecule is CCC[C@H]1C(=O)NCCN1C(=O)N(CC)C(C)C. The van der Waals surface area contributed by atoms with Gasteiger partial charge in [0.15, 0.2) is 0 Å². The van der Waals surface area contributed by atoms with Gasteiger partial charge in [-0.3, -0.25) is 4.79 Å². The molecule has 0 spiro atoms. The molecule has 0 saturated carbocycles. The van der Waals surface area contributed by atoms with Crippen LogP contribution in [0.1, 0.15) is 40.5 Å². The van der Waals surface area contributed by atoms with Gasteiger partial charge in [-0.25, -0.2) is 4.79 Å². The molecule has 1 aliphatic rings. The Kier molecular flexibility index (Phi) is 5.44. The van der Waals surface area contributed by atoms with Crippen LogP contribution in [0.5, 0.6) is 0 Å². The highest BCUT2D eigenvalue weighted by Crippen LogP contribution is 2.14. The third-order valence-corrected chi connectivity index (χ3v) is 3.35. The molecule has 5 nitrogen and oxygen atoms in total. The van der Waals surface area contributed by atoms with Gasteiger partial charge in [0.1, 0.15) is 6.04 Å². The Morgan fingerprint density at radius 1 is 1.50 bits per heavy atom. The lowest BCUT2D eigenvalue weighted by Gasteiger charge is -2.39. The third kappa shape index (κ3) is 3.15. The minimum Gasteiger partial charge on any atom is -0.353 e. The van der Waals surface area contributed by atoms with E-state index in [9.17, 15) is 9.59 Å². The maximum Gasteiger partial charge on any atom is 0.320 e. The number of amides is 3. The number of rotatable bonds is 4. The second-order valence-electron chi connectivity index (χ2n) is 4.95. The summed E-state index contributed by atoms with van der Waals surface area (Å²) in [5.74, 6) is -0.0174. The number of hydrogen-bond donors (Lipinski definition) is 1. The predicted octanol–water partition coefficient (Wildman–Crippen LogP) is 1.44. The van der Waals surface area contributed by atoms with Crippen LogP contribution in [-0.2, 0) is 4.79 Å². The van der Waals surface area contributed by atoms with Crippen LogP contribution in [0.2, 0.25) is 0 Å². The number of nitrogens with one attached hydrogen (secondary N) is 1. The van der Waals surface area contributed by atoms with E-state index in [-0.39, 0.29) is 24.0 Å². The van der Waals surface area contributed by atoms with Crippen LogP contribution in [0, 0.1) is 0 Å². The molecule has 1 saturated heterocycles. The number of carbonyl (C=O) groups excluding carboxylic acids is 2. The van der Waals surface area contributed by atoms with Gasteiger partial charge in [-0.15, -0.1) is 0 Å². The molecule has 5 heteroatoms. The molecule has 1 heterocycles. The fraction of sp³-hybridized carbons (Fsp3) is 0.846. The van der Waals surface area contributed by atoms with Gasteiger partial charge >= 0.3 is 6.03 Å². The van der Waals surface area contributed by atoms with Crippen LogP contribution in [0.4, 0.5) is 4.79 Å². The summed E-state index contributed by atoms with van der Waals surface area (Å²) in [5.41, 5.74) is 0. The first-order valence-corrected chi connectivity index (χ1v) is 6.87. The molecule has 3 amide bonds. The Hall–Kier alpha value is -1.26. The largest absolute Gasteiger partial charge is 0.353 e. The number of urea groups is 1. The molecule has 18 heavy (non-hydrogen) atoms. The molecule has 1 fully saturated rings. The summed E-state index contributed by atoms with van der Waals surface area (Å²) in [7, 11) is 0. The molecule has 1 rings (SSSR count). The maximum absolute atomic E-state index is 12.5. The van der Waals surface area contributed by atoms with Crippen LogP contribution >= 0.6 is 0 Å². The predicted molar refractivity (Wildman–Crippen MR) is 71.3 cm³/mol. The summed E-state index contributed by atoms with van der Waals surface area (Å²) in [5, 5.41) is 2.84. The molecule has 1 atom stereocenters. The van der Waals surface area contributed by atoms with Crippen molar-refractivity contribution in [3.8, 4) is 0 Å². The number of nitrogens with zero attached hydrogens (tertiary/aromatic N) is 2. The molecule has 0 aliphatic carbocycles. The number of carbonyl (C=O) groups is 2. The number of hydrogen-bond acceptors (Lipinski definition) is 2. The Labute approximate surface area is 110 Å². The summed E-state index contributed by atoms with van der Waals surface area (Å²) in [4.78, 5) is 27.9. The monoisotopic (exact) mass is 255 g/mol. The molecular formula is C13H25N3O2. The second kappa shape index (κ2) is 6.61. The summed E-state index contributed by atoms with van der Waals surface area (Å²) < 4.78 is 0. The van der Waals surface area contributed by atoms with Crippen molar-refractivity contribution in [3.63, 3.8) is 0 Å². The van der Waals surface area contributed by atoms with E-state index < -0.39 is 0 Å². The summed E-state index contributed by atoms with van der Waals surface area (Å²) in [6.07, 6.45) is 1.63. The van der Waals surface area contributed by atoms with Crippen molar-refractivity contribution < 1.29 is 9.59 Å². The van der Waals surface area contributed by atoms with Crippen LogP contribution in [0.3, 0.4) is 0 Å². The quantitative estimate of drug-likeness (QED) is 0.826. The van der Waals surface area contributed by atoms with E-state index in [0.29, 0.717) is 19.6 Å². The Bertz CT molecular complexity index is 305. The van der Waals surface area contributed by atoms with Gasteiger partial charge in [0.25, 0.3) is 0 Å². The second-order valence-corrected chi connectivity index (χ2v) is 4.95. The minimum absolute atomic E-state index is 0.0131. The van der Waals surface area contributed by atoms with E-state index >= 15 is 0 Å². The molecule has 0 bridgehead atoms. The molecule has 0 radical (unpaired) electrons. The molecule has 0 aromatic carbocycles. The van der Waals surface area contributed by atoms with E-state index in [4.69, 9.17) is 0 Å².